The highest BCUT2D eigenvalue weighted by Crippen LogP contribution is 2.57. The van der Waals surface area contributed by atoms with Gasteiger partial charge in [0.1, 0.15) is 0 Å². The SMILES string of the molecule is CCC1(C2(C(=O)NCc3ccc(O)c(OC)c3)CCN(C(=O)O)CC2)CCCCC1. The van der Waals surface area contributed by atoms with Crippen LogP contribution < -0.4 is 10.1 Å². The van der Waals surface area contributed by atoms with Gasteiger partial charge in [-0.1, -0.05) is 32.3 Å². The summed E-state index contributed by atoms with van der Waals surface area (Å²) in [5.74, 6) is 0.476. The Labute approximate surface area is 178 Å². The van der Waals surface area contributed by atoms with E-state index >= 15 is 0 Å². The summed E-state index contributed by atoms with van der Waals surface area (Å²) in [6, 6.07) is 5.07. The lowest BCUT2D eigenvalue weighted by Crippen LogP contribution is -2.58. The summed E-state index contributed by atoms with van der Waals surface area (Å²) in [7, 11) is 1.50. The molecule has 0 unspecified atom stereocenters. The summed E-state index contributed by atoms with van der Waals surface area (Å²) >= 11 is 0. The zero-order valence-corrected chi connectivity index (χ0v) is 18.1. The summed E-state index contributed by atoms with van der Waals surface area (Å²) in [6.07, 6.45) is 6.66. The normalized spacial score (nSPS) is 20.4. The van der Waals surface area contributed by atoms with E-state index in [1.54, 1.807) is 18.2 Å². The van der Waals surface area contributed by atoms with Crippen LogP contribution in [-0.4, -0.2) is 47.3 Å². The van der Waals surface area contributed by atoms with Gasteiger partial charge in [0.2, 0.25) is 5.91 Å². The van der Waals surface area contributed by atoms with Crippen molar-refractivity contribution in [1.29, 1.82) is 0 Å². The molecule has 1 aliphatic heterocycles. The standard InChI is InChI=1S/C23H34N2O5/c1-3-22(9-5-4-6-10-22)23(11-13-25(14-12-23)21(28)29)20(27)24-16-17-7-8-18(26)19(15-17)30-2/h7-8,15,26H,3-6,9-14,16H2,1-2H3,(H,24,27)(H,28,29). The third-order valence-electron chi connectivity index (χ3n) is 7.52. The van der Waals surface area contributed by atoms with E-state index in [0.29, 0.717) is 38.2 Å². The zero-order chi connectivity index (χ0) is 21.8. The van der Waals surface area contributed by atoms with Gasteiger partial charge in [-0.25, -0.2) is 4.79 Å². The van der Waals surface area contributed by atoms with Crippen LogP contribution in [0, 0.1) is 10.8 Å². The molecular formula is C23H34N2O5. The zero-order valence-electron chi connectivity index (χ0n) is 18.1. The number of benzene rings is 1. The number of carboxylic acid groups (broad SMARTS) is 1. The molecule has 2 aliphatic rings. The molecule has 3 rings (SSSR count). The van der Waals surface area contributed by atoms with E-state index in [1.807, 2.05) is 0 Å². The number of carbonyl (C=O) groups is 2. The number of phenols is 1. The number of ether oxygens (including phenoxy) is 1. The molecule has 166 valence electrons. The van der Waals surface area contributed by atoms with Gasteiger partial charge in [-0.2, -0.15) is 0 Å². The lowest BCUT2D eigenvalue weighted by molar-refractivity contribution is -0.149. The number of methoxy groups -OCH3 is 1. The number of phenolic OH excluding ortho intramolecular Hbond substituents is 1. The second kappa shape index (κ2) is 9.14. The summed E-state index contributed by atoms with van der Waals surface area (Å²) in [5, 5.41) is 22.3. The quantitative estimate of drug-likeness (QED) is 0.645. The Hall–Kier alpha value is -2.44. The van der Waals surface area contributed by atoms with Crippen molar-refractivity contribution in [1.82, 2.24) is 10.2 Å². The second-order valence-corrected chi connectivity index (χ2v) is 8.74. The highest BCUT2D eigenvalue weighted by atomic mass is 16.5. The maximum Gasteiger partial charge on any atom is 0.407 e. The van der Waals surface area contributed by atoms with Crippen LogP contribution in [0.1, 0.15) is 63.9 Å². The van der Waals surface area contributed by atoms with Crippen LogP contribution in [0.3, 0.4) is 0 Å². The average molecular weight is 419 g/mol. The van der Waals surface area contributed by atoms with Crippen molar-refractivity contribution in [2.75, 3.05) is 20.2 Å². The third-order valence-corrected chi connectivity index (χ3v) is 7.52. The minimum atomic E-state index is -0.908. The van der Waals surface area contributed by atoms with Gasteiger partial charge in [0.15, 0.2) is 11.5 Å². The monoisotopic (exact) mass is 418 g/mol. The van der Waals surface area contributed by atoms with Crippen molar-refractivity contribution in [3.8, 4) is 11.5 Å². The van der Waals surface area contributed by atoms with Gasteiger partial charge in [0, 0.05) is 19.6 Å². The van der Waals surface area contributed by atoms with Gasteiger partial charge in [0.25, 0.3) is 0 Å². The Morgan fingerprint density at radius 2 is 1.80 bits per heavy atom. The number of rotatable bonds is 6. The van der Waals surface area contributed by atoms with Gasteiger partial charge >= 0.3 is 6.09 Å². The van der Waals surface area contributed by atoms with Crippen molar-refractivity contribution >= 4 is 12.0 Å². The van der Waals surface area contributed by atoms with Crippen LogP contribution in [0.2, 0.25) is 0 Å². The minimum Gasteiger partial charge on any atom is -0.504 e. The molecule has 0 aromatic heterocycles. The maximum absolute atomic E-state index is 13.7. The summed E-state index contributed by atoms with van der Waals surface area (Å²) in [6.45, 7) is 3.32. The molecule has 2 amide bonds. The minimum absolute atomic E-state index is 0.0309. The van der Waals surface area contributed by atoms with E-state index in [0.717, 1.165) is 37.7 Å². The van der Waals surface area contributed by atoms with E-state index < -0.39 is 11.5 Å². The van der Waals surface area contributed by atoms with Crippen molar-refractivity contribution in [3.63, 3.8) is 0 Å². The van der Waals surface area contributed by atoms with Crippen molar-refractivity contribution in [2.24, 2.45) is 10.8 Å². The van der Waals surface area contributed by atoms with Gasteiger partial charge in [-0.15, -0.1) is 0 Å². The maximum atomic E-state index is 13.7. The Morgan fingerprint density at radius 3 is 2.37 bits per heavy atom. The Balaban J connectivity index is 1.83. The van der Waals surface area contributed by atoms with E-state index in [4.69, 9.17) is 4.74 Å². The summed E-state index contributed by atoms with van der Waals surface area (Å²) in [5.41, 5.74) is 0.229. The number of amides is 2. The molecule has 3 N–H and O–H groups in total. The van der Waals surface area contributed by atoms with Crippen LogP contribution in [0.4, 0.5) is 4.79 Å². The molecule has 1 saturated heterocycles. The number of aromatic hydroxyl groups is 1. The third kappa shape index (κ3) is 4.07. The molecule has 7 heteroatoms. The van der Waals surface area contributed by atoms with E-state index in [-0.39, 0.29) is 17.1 Å². The highest BCUT2D eigenvalue weighted by Gasteiger charge is 2.56. The molecule has 1 aromatic carbocycles. The van der Waals surface area contributed by atoms with E-state index in [1.165, 1.54) is 18.4 Å². The highest BCUT2D eigenvalue weighted by molar-refractivity contribution is 5.84. The first-order valence-corrected chi connectivity index (χ1v) is 11.0. The molecule has 1 heterocycles. The van der Waals surface area contributed by atoms with Gasteiger partial charge < -0.3 is 25.2 Å². The smallest absolute Gasteiger partial charge is 0.407 e. The average Bonchev–Trinajstić information content (AvgIpc) is 2.78. The number of hydrogen-bond donors (Lipinski definition) is 3. The van der Waals surface area contributed by atoms with Gasteiger partial charge in [0.05, 0.1) is 12.5 Å². The van der Waals surface area contributed by atoms with Crippen molar-refractivity contribution in [2.45, 2.75) is 64.8 Å². The Morgan fingerprint density at radius 1 is 1.13 bits per heavy atom. The molecular weight excluding hydrogens is 384 g/mol. The number of hydrogen-bond acceptors (Lipinski definition) is 4. The van der Waals surface area contributed by atoms with Crippen LogP contribution in [-0.2, 0) is 11.3 Å². The first-order chi connectivity index (χ1) is 14.4. The predicted octanol–water partition coefficient (Wildman–Crippen LogP) is 4.14. The predicted molar refractivity (Wildman–Crippen MR) is 114 cm³/mol. The molecule has 1 saturated carbocycles. The number of nitrogens with one attached hydrogen (secondary N) is 1. The Kier molecular flexibility index (Phi) is 6.78. The number of piperidine rings is 1. The topological polar surface area (TPSA) is 99.1 Å². The molecule has 0 spiro atoms. The first-order valence-electron chi connectivity index (χ1n) is 11.0. The second-order valence-electron chi connectivity index (χ2n) is 8.74. The lowest BCUT2D eigenvalue weighted by Gasteiger charge is -2.54. The number of likely N-dealkylation sites (tertiary alicyclic amines) is 1. The van der Waals surface area contributed by atoms with Crippen molar-refractivity contribution in [3.05, 3.63) is 23.8 Å². The summed E-state index contributed by atoms with van der Waals surface area (Å²) in [4.78, 5) is 26.6. The van der Waals surface area contributed by atoms with Crippen molar-refractivity contribution < 1.29 is 24.5 Å². The summed E-state index contributed by atoms with van der Waals surface area (Å²) < 4.78 is 5.17. The number of nitrogens with zero attached hydrogens (tertiary/aromatic N) is 1. The van der Waals surface area contributed by atoms with Crippen LogP contribution >= 0.6 is 0 Å². The van der Waals surface area contributed by atoms with E-state index in [2.05, 4.69) is 12.2 Å². The molecule has 30 heavy (non-hydrogen) atoms. The van der Waals surface area contributed by atoms with E-state index in [9.17, 15) is 19.8 Å². The largest absolute Gasteiger partial charge is 0.504 e. The van der Waals surface area contributed by atoms with Gasteiger partial charge in [-0.3, -0.25) is 4.79 Å². The molecule has 2 fully saturated rings. The first kappa shape index (κ1) is 22.2. The molecule has 1 aromatic rings. The lowest BCUT2D eigenvalue weighted by atomic mass is 9.52. The number of carbonyl (C=O) groups excluding carboxylic acids is 1. The molecule has 0 radical (unpaired) electrons. The fraction of sp³-hybridized carbons (Fsp3) is 0.652. The molecule has 0 bridgehead atoms. The van der Waals surface area contributed by atoms with Crippen LogP contribution in [0.15, 0.2) is 18.2 Å². The molecule has 0 atom stereocenters. The fourth-order valence-corrected chi connectivity index (χ4v) is 5.66. The Bertz CT molecular complexity index is 765. The van der Waals surface area contributed by atoms with Crippen LogP contribution in [0.5, 0.6) is 11.5 Å². The fourth-order valence-electron chi connectivity index (χ4n) is 5.66. The van der Waals surface area contributed by atoms with Gasteiger partial charge in [-0.05, 0) is 55.2 Å². The van der Waals surface area contributed by atoms with Crippen LogP contribution in [0.25, 0.3) is 0 Å². The molecule has 7 nitrogen and oxygen atoms in total. The molecule has 1 aliphatic carbocycles.